The molecule has 7 nitrogen and oxygen atoms in total. The maximum absolute atomic E-state index is 11.6. The zero-order chi connectivity index (χ0) is 12.4. The zero-order valence-electron chi connectivity index (χ0n) is 9.07. The number of pyridine rings is 1. The third-order valence-electron chi connectivity index (χ3n) is 2.27. The highest BCUT2D eigenvalue weighted by molar-refractivity contribution is 5.55. The molecule has 3 aromatic heterocycles. The van der Waals surface area contributed by atoms with Gasteiger partial charge in [0.05, 0.1) is 11.8 Å². The highest BCUT2D eigenvalue weighted by Crippen LogP contribution is 2.17. The van der Waals surface area contributed by atoms with E-state index in [-0.39, 0.29) is 17.3 Å². The van der Waals surface area contributed by atoms with Crippen molar-refractivity contribution in [2.45, 2.75) is 0 Å². The van der Waals surface area contributed by atoms with Crippen LogP contribution in [0.3, 0.4) is 0 Å². The Labute approximate surface area is 101 Å². The number of aromatic amines is 1. The van der Waals surface area contributed by atoms with Crippen LogP contribution in [-0.2, 0) is 0 Å². The van der Waals surface area contributed by atoms with E-state index in [1.807, 2.05) is 0 Å². The summed E-state index contributed by atoms with van der Waals surface area (Å²) >= 11 is 0. The average molecular weight is 241 g/mol. The molecule has 0 fully saturated rings. The van der Waals surface area contributed by atoms with Crippen LogP contribution in [0.15, 0.2) is 46.2 Å². The summed E-state index contributed by atoms with van der Waals surface area (Å²) in [5.74, 6) is 0.443. The largest absolute Gasteiger partial charge is 0.332 e. The summed E-state index contributed by atoms with van der Waals surface area (Å²) in [5.41, 5.74) is 0.531. The third-order valence-corrected chi connectivity index (χ3v) is 2.27. The molecule has 0 spiro atoms. The maximum Gasteiger partial charge on any atom is 0.278 e. The van der Waals surface area contributed by atoms with Crippen molar-refractivity contribution in [2.75, 3.05) is 0 Å². The summed E-state index contributed by atoms with van der Waals surface area (Å²) in [6, 6.07) is 3.30. The van der Waals surface area contributed by atoms with Crippen LogP contribution in [0.1, 0.15) is 0 Å². The first-order chi connectivity index (χ1) is 8.84. The Balaban J connectivity index is 2.06. The fraction of sp³-hybridized carbons (Fsp3) is 0. The van der Waals surface area contributed by atoms with Gasteiger partial charge in [0.2, 0.25) is 5.82 Å². The number of rotatable bonds is 2. The van der Waals surface area contributed by atoms with E-state index in [1.165, 1.54) is 18.6 Å². The predicted octanol–water partition coefficient (Wildman–Crippen LogP) is 0.882. The van der Waals surface area contributed by atoms with Crippen molar-refractivity contribution in [2.24, 2.45) is 0 Å². The van der Waals surface area contributed by atoms with Crippen LogP contribution in [0.5, 0.6) is 0 Å². The molecule has 7 heteroatoms. The van der Waals surface area contributed by atoms with Crippen molar-refractivity contribution in [3.63, 3.8) is 0 Å². The lowest BCUT2D eigenvalue weighted by atomic mass is 10.3. The van der Waals surface area contributed by atoms with E-state index in [9.17, 15) is 4.79 Å². The predicted molar refractivity (Wildman–Crippen MR) is 61.4 cm³/mol. The molecule has 0 radical (unpaired) electrons. The lowest BCUT2D eigenvalue weighted by Crippen LogP contribution is -2.07. The molecule has 0 aromatic carbocycles. The molecule has 88 valence electrons. The first-order valence-electron chi connectivity index (χ1n) is 5.13. The van der Waals surface area contributed by atoms with Crippen molar-refractivity contribution < 1.29 is 4.52 Å². The Morgan fingerprint density at radius 3 is 3.00 bits per heavy atom. The molecule has 3 rings (SSSR count). The smallest absolute Gasteiger partial charge is 0.278 e. The Hall–Kier alpha value is -2.83. The van der Waals surface area contributed by atoms with Gasteiger partial charge in [0, 0.05) is 18.6 Å². The number of hydrogen-bond donors (Lipinski definition) is 1. The van der Waals surface area contributed by atoms with Gasteiger partial charge in [-0.05, 0) is 12.1 Å². The molecule has 0 aliphatic rings. The summed E-state index contributed by atoms with van der Waals surface area (Å²) in [4.78, 5) is 26.1. The lowest BCUT2D eigenvalue weighted by molar-refractivity contribution is 0.430. The molecule has 0 aliphatic carbocycles. The van der Waals surface area contributed by atoms with Gasteiger partial charge in [-0.2, -0.15) is 4.98 Å². The number of nitrogens with one attached hydrogen (secondary N) is 1. The molecule has 3 aromatic rings. The van der Waals surface area contributed by atoms with Gasteiger partial charge in [0.25, 0.3) is 11.4 Å². The quantitative estimate of drug-likeness (QED) is 0.715. The van der Waals surface area contributed by atoms with E-state index >= 15 is 0 Å². The fourth-order valence-corrected chi connectivity index (χ4v) is 1.44. The number of nitrogens with zero attached hydrogens (tertiary/aromatic N) is 4. The second-order valence-corrected chi connectivity index (χ2v) is 3.43. The summed E-state index contributed by atoms with van der Waals surface area (Å²) in [6.45, 7) is 0. The Bertz CT molecular complexity index is 719. The van der Waals surface area contributed by atoms with Gasteiger partial charge in [-0.3, -0.25) is 9.78 Å². The van der Waals surface area contributed by atoms with Crippen molar-refractivity contribution >= 4 is 0 Å². The summed E-state index contributed by atoms with van der Waals surface area (Å²) in [5, 5.41) is 3.75. The Kier molecular flexibility index (Phi) is 2.41. The molecular formula is C11H7N5O2. The number of H-pyrrole nitrogens is 1. The third kappa shape index (κ3) is 1.77. The maximum atomic E-state index is 11.6. The minimum Gasteiger partial charge on any atom is -0.332 e. The van der Waals surface area contributed by atoms with Crippen LogP contribution in [0.25, 0.3) is 23.0 Å². The van der Waals surface area contributed by atoms with Gasteiger partial charge < -0.3 is 9.51 Å². The zero-order valence-corrected chi connectivity index (χ0v) is 9.07. The first kappa shape index (κ1) is 10.3. The highest BCUT2D eigenvalue weighted by Gasteiger charge is 2.13. The summed E-state index contributed by atoms with van der Waals surface area (Å²) in [6.07, 6.45) is 6.11. The molecule has 1 N–H and O–H groups in total. The van der Waals surface area contributed by atoms with Gasteiger partial charge in [0.1, 0.15) is 5.69 Å². The van der Waals surface area contributed by atoms with E-state index in [0.29, 0.717) is 11.3 Å². The number of hydrogen-bond acceptors (Lipinski definition) is 6. The van der Waals surface area contributed by atoms with Crippen molar-refractivity contribution in [1.29, 1.82) is 0 Å². The SMILES string of the molecule is O=c1[nH]cccc1-c1noc(-c2cnccn2)n1. The van der Waals surface area contributed by atoms with E-state index < -0.39 is 0 Å². The fourth-order valence-electron chi connectivity index (χ4n) is 1.44. The Morgan fingerprint density at radius 1 is 1.28 bits per heavy atom. The second-order valence-electron chi connectivity index (χ2n) is 3.43. The lowest BCUT2D eigenvalue weighted by Gasteiger charge is -1.90. The highest BCUT2D eigenvalue weighted by atomic mass is 16.5. The van der Waals surface area contributed by atoms with Gasteiger partial charge in [-0.15, -0.1) is 0 Å². The minimum absolute atomic E-state index is 0.220. The topological polar surface area (TPSA) is 97.6 Å². The van der Waals surface area contributed by atoms with Crippen LogP contribution in [0.2, 0.25) is 0 Å². The van der Waals surface area contributed by atoms with E-state index in [0.717, 1.165) is 0 Å². The molecule has 0 aliphatic heterocycles. The second kappa shape index (κ2) is 4.21. The van der Waals surface area contributed by atoms with Gasteiger partial charge >= 0.3 is 0 Å². The van der Waals surface area contributed by atoms with E-state index in [4.69, 9.17) is 4.52 Å². The molecule has 0 bridgehead atoms. The minimum atomic E-state index is -0.274. The molecular weight excluding hydrogens is 234 g/mol. The van der Waals surface area contributed by atoms with Crippen molar-refractivity contribution in [3.8, 4) is 23.0 Å². The van der Waals surface area contributed by atoms with Crippen LogP contribution in [-0.4, -0.2) is 25.1 Å². The normalized spacial score (nSPS) is 10.4. The van der Waals surface area contributed by atoms with Crippen molar-refractivity contribution in [1.82, 2.24) is 25.1 Å². The summed E-state index contributed by atoms with van der Waals surface area (Å²) < 4.78 is 5.04. The molecule has 0 saturated heterocycles. The average Bonchev–Trinajstić information content (AvgIpc) is 2.90. The van der Waals surface area contributed by atoms with Crippen LogP contribution < -0.4 is 5.56 Å². The van der Waals surface area contributed by atoms with Gasteiger partial charge in [0.15, 0.2) is 0 Å². The van der Waals surface area contributed by atoms with Crippen molar-refractivity contribution in [3.05, 3.63) is 47.3 Å². The van der Waals surface area contributed by atoms with Crippen LogP contribution >= 0.6 is 0 Å². The van der Waals surface area contributed by atoms with Gasteiger partial charge in [-0.25, -0.2) is 4.98 Å². The molecule has 0 amide bonds. The number of aromatic nitrogens is 5. The van der Waals surface area contributed by atoms with E-state index in [1.54, 1.807) is 18.3 Å². The standard InChI is InChI=1S/C11H7N5O2/c17-10-7(2-1-3-14-10)9-15-11(18-16-9)8-6-12-4-5-13-8/h1-6H,(H,14,17). The Morgan fingerprint density at radius 2 is 2.22 bits per heavy atom. The van der Waals surface area contributed by atoms with Crippen LogP contribution in [0, 0.1) is 0 Å². The summed E-state index contributed by atoms with van der Waals surface area (Å²) in [7, 11) is 0. The molecule has 0 unspecified atom stereocenters. The van der Waals surface area contributed by atoms with Gasteiger partial charge in [-0.1, -0.05) is 5.16 Å². The molecule has 3 heterocycles. The van der Waals surface area contributed by atoms with Crippen LogP contribution in [0.4, 0.5) is 0 Å². The molecule has 0 atom stereocenters. The molecule has 0 saturated carbocycles. The first-order valence-corrected chi connectivity index (χ1v) is 5.13. The monoisotopic (exact) mass is 241 g/mol. The molecule has 18 heavy (non-hydrogen) atoms. The van der Waals surface area contributed by atoms with E-state index in [2.05, 4.69) is 25.1 Å².